The number of alkyl halides is 1. The maximum Gasteiger partial charge on any atom is 0.227 e. The quantitative estimate of drug-likeness (QED) is 0.783. The predicted molar refractivity (Wildman–Crippen MR) is 73.2 cm³/mol. The van der Waals surface area contributed by atoms with E-state index in [1.807, 2.05) is 4.90 Å². The van der Waals surface area contributed by atoms with Crippen LogP contribution in [0.15, 0.2) is 24.3 Å². The monoisotopic (exact) mass is 313 g/mol. The normalized spacial score (nSPS) is 19.2. The van der Waals surface area contributed by atoms with Gasteiger partial charge in [0, 0.05) is 18.4 Å². The summed E-state index contributed by atoms with van der Waals surface area (Å²) in [6, 6.07) is 6.49. The first-order valence-electron chi connectivity index (χ1n) is 6.28. The van der Waals surface area contributed by atoms with Gasteiger partial charge in [-0.15, -0.1) is 0 Å². The molecule has 1 fully saturated rings. The molecular weight excluding hydrogens is 297 g/mol. The molecule has 98 valence electrons. The van der Waals surface area contributed by atoms with Gasteiger partial charge in [0.15, 0.2) is 0 Å². The molecule has 0 aliphatic carbocycles. The Labute approximate surface area is 115 Å². The van der Waals surface area contributed by atoms with Gasteiger partial charge >= 0.3 is 0 Å². The molecule has 1 aliphatic rings. The van der Waals surface area contributed by atoms with Gasteiger partial charge in [-0.2, -0.15) is 0 Å². The number of nitrogens with zero attached hydrogens (tertiary/aromatic N) is 1. The Kier molecular flexibility index (Phi) is 4.75. The molecule has 1 aliphatic heterocycles. The van der Waals surface area contributed by atoms with Crippen LogP contribution in [-0.4, -0.2) is 29.2 Å². The number of halogens is 2. The van der Waals surface area contributed by atoms with Crippen LogP contribution in [-0.2, 0) is 11.2 Å². The average Bonchev–Trinajstić information content (AvgIpc) is 2.81. The number of carbonyl (C=O) groups is 1. The molecule has 0 aromatic heterocycles. The van der Waals surface area contributed by atoms with Gasteiger partial charge < -0.3 is 4.90 Å². The zero-order chi connectivity index (χ0) is 13.0. The Morgan fingerprint density at radius 2 is 2.22 bits per heavy atom. The van der Waals surface area contributed by atoms with Gasteiger partial charge in [0.25, 0.3) is 0 Å². The van der Waals surface area contributed by atoms with Crippen molar-refractivity contribution >= 4 is 21.8 Å². The Balaban J connectivity index is 1.91. The van der Waals surface area contributed by atoms with Crippen LogP contribution in [0.25, 0.3) is 0 Å². The van der Waals surface area contributed by atoms with E-state index in [1.165, 1.54) is 6.07 Å². The summed E-state index contributed by atoms with van der Waals surface area (Å²) in [6.45, 7) is 1.63. The van der Waals surface area contributed by atoms with E-state index in [2.05, 4.69) is 15.9 Å². The van der Waals surface area contributed by atoms with Crippen molar-refractivity contribution in [3.8, 4) is 0 Å². The first-order valence-corrected chi connectivity index (χ1v) is 7.40. The van der Waals surface area contributed by atoms with Crippen molar-refractivity contribution in [1.82, 2.24) is 4.90 Å². The largest absolute Gasteiger partial charge is 0.342 e. The van der Waals surface area contributed by atoms with Gasteiger partial charge in [0.2, 0.25) is 5.91 Å². The zero-order valence-corrected chi connectivity index (χ0v) is 11.8. The van der Waals surface area contributed by atoms with Gasteiger partial charge in [-0.3, -0.25) is 4.79 Å². The number of carbonyl (C=O) groups excluding carboxylic acids is 1. The molecule has 1 amide bonds. The van der Waals surface area contributed by atoms with Gasteiger partial charge in [0.05, 0.1) is 6.42 Å². The van der Waals surface area contributed by atoms with E-state index in [-0.39, 0.29) is 18.1 Å². The molecule has 2 rings (SSSR count). The highest BCUT2D eigenvalue weighted by molar-refractivity contribution is 9.09. The van der Waals surface area contributed by atoms with E-state index < -0.39 is 0 Å². The number of likely N-dealkylation sites (tertiary alicyclic amines) is 1. The average molecular weight is 314 g/mol. The highest BCUT2D eigenvalue weighted by Gasteiger charge is 2.25. The van der Waals surface area contributed by atoms with Crippen molar-refractivity contribution in [3.05, 3.63) is 35.6 Å². The highest BCUT2D eigenvalue weighted by atomic mass is 79.9. The lowest BCUT2D eigenvalue weighted by Crippen LogP contribution is -2.30. The molecule has 0 spiro atoms. The second-order valence-electron chi connectivity index (χ2n) is 4.74. The molecule has 1 heterocycles. The van der Waals surface area contributed by atoms with Crippen LogP contribution in [0.2, 0.25) is 0 Å². The number of hydrogen-bond acceptors (Lipinski definition) is 1. The molecular formula is C14H17BrFNO. The van der Waals surface area contributed by atoms with Crippen LogP contribution in [0.4, 0.5) is 4.39 Å². The van der Waals surface area contributed by atoms with Gasteiger partial charge in [-0.1, -0.05) is 34.1 Å². The van der Waals surface area contributed by atoms with Crippen molar-refractivity contribution in [2.24, 2.45) is 5.92 Å². The molecule has 0 radical (unpaired) electrons. The zero-order valence-electron chi connectivity index (χ0n) is 10.2. The first kappa shape index (κ1) is 13.5. The third-order valence-corrected chi connectivity index (χ3v) is 3.91. The van der Waals surface area contributed by atoms with Crippen LogP contribution in [0, 0.1) is 11.7 Å². The lowest BCUT2D eigenvalue weighted by Gasteiger charge is -2.16. The number of amides is 1. The standard InChI is InChI=1S/C14H17BrFNO/c15-7-5-11-6-8-17(10-11)14(18)9-12-3-1-2-4-13(12)16/h1-4,11H,5-10H2. The molecule has 1 unspecified atom stereocenters. The van der Waals surface area contributed by atoms with Crippen molar-refractivity contribution in [1.29, 1.82) is 0 Å². The Morgan fingerprint density at radius 3 is 2.94 bits per heavy atom. The third kappa shape index (κ3) is 3.31. The van der Waals surface area contributed by atoms with E-state index in [9.17, 15) is 9.18 Å². The topological polar surface area (TPSA) is 20.3 Å². The maximum atomic E-state index is 13.5. The summed E-state index contributed by atoms with van der Waals surface area (Å²) < 4.78 is 13.5. The van der Waals surface area contributed by atoms with Crippen LogP contribution in [0.3, 0.4) is 0 Å². The highest BCUT2D eigenvalue weighted by Crippen LogP contribution is 2.21. The summed E-state index contributed by atoms with van der Waals surface area (Å²) in [5.74, 6) is 0.341. The molecule has 1 aromatic rings. The second-order valence-corrected chi connectivity index (χ2v) is 5.53. The van der Waals surface area contributed by atoms with Crippen molar-refractivity contribution in [3.63, 3.8) is 0 Å². The van der Waals surface area contributed by atoms with Gasteiger partial charge in [-0.25, -0.2) is 4.39 Å². The smallest absolute Gasteiger partial charge is 0.227 e. The molecule has 18 heavy (non-hydrogen) atoms. The van der Waals surface area contributed by atoms with E-state index in [0.29, 0.717) is 11.5 Å². The predicted octanol–water partition coefficient (Wildman–Crippen LogP) is 3.00. The minimum absolute atomic E-state index is 0.0390. The SMILES string of the molecule is O=C(Cc1ccccc1F)N1CCC(CCBr)C1. The summed E-state index contributed by atoms with van der Waals surface area (Å²) in [4.78, 5) is 13.9. The minimum Gasteiger partial charge on any atom is -0.342 e. The van der Waals surface area contributed by atoms with Crippen molar-refractivity contribution in [2.75, 3.05) is 18.4 Å². The fourth-order valence-corrected chi connectivity index (χ4v) is 3.01. The van der Waals surface area contributed by atoms with E-state index in [4.69, 9.17) is 0 Å². The summed E-state index contributed by atoms with van der Waals surface area (Å²) in [7, 11) is 0. The van der Waals surface area contributed by atoms with E-state index in [0.717, 1.165) is 31.3 Å². The number of rotatable bonds is 4. The fraction of sp³-hybridized carbons (Fsp3) is 0.500. The molecule has 0 saturated carbocycles. The summed E-state index contributed by atoms with van der Waals surface area (Å²) >= 11 is 3.43. The molecule has 1 atom stereocenters. The Hall–Kier alpha value is -0.900. The molecule has 2 nitrogen and oxygen atoms in total. The third-order valence-electron chi connectivity index (χ3n) is 3.46. The van der Waals surface area contributed by atoms with Gasteiger partial charge in [-0.05, 0) is 30.4 Å². The van der Waals surface area contributed by atoms with Crippen LogP contribution >= 0.6 is 15.9 Å². The lowest BCUT2D eigenvalue weighted by molar-refractivity contribution is -0.129. The van der Waals surface area contributed by atoms with E-state index in [1.54, 1.807) is 18.2 Å². The molecule has 4 heteroatoms. The fourth-order valence-electron chi connectivity index (χ4n) is 2.37. The summed E-state index contributed by atoms with van der Waals surface area (Å²) in [5, 5.41) is 0.979. The molecule has 1 aromatic carbocycles. The van der Waals surface area contributed by atoms with Gasteiger partial charge in [0.1, 0.15) is 5.82 Å². The molecule has 1 saturated heterocycles. The first-order chi connectivity index (χ1) is 8.70. The minimum atomic E-state index is -0.290. The Bertz CT molecular complexity index is 424. The van der Waals surface area contributed by atoms with Crippen LogP contribution < -0.4 is 0 Å². The number of benzene rings is 1. The molecule has 0 bridgehead atoms. The van der Waals surface area contributed by atoms with Crippen molar-refractivity contribution < 1.29 is 9.18 Å². The summed E-state index contributed by atoms with van der Waals surface area (Å²) in [5.41, 5.74) is 0.492. The lowest BCUT2D eigenvalue weighted by atomic mass is 10.1. The number of hydrogen-bond donors (Lipinski definition) is 0. The Morgan fingerprint density at radius 1 is 1.44 bits per heavy atom. The second kappa shape index (κ2) is 6.32. The summed E-state index contributed by atoms with van der Waals surface area (Å²) in [6.07, 6.45) is 2.34. The maximum absolute atomic E-state index is 13.5. The van der Waals surface area contributed by atoms with Crippen molar-refractivity contribution in [2.45, 2.75) is 19.3 Å². The van der Waals surface area contributed by atoms with E-state index >= 15 is 0 Å². The van der Waals surface area contributed by atoms with Crippen LogP contribution in [0.5, 0.6) is 0 Å². The van der Waals surface area contributed by atoms with Crippen LogP contribution in [0.1, 0.15) is 18.4 Å². The molecule has 0 N–H and O–H groups in total.